The molecule has 1 fully saturated rings. The molecule has 0 atom stereocenters. The molecule has 0 aliphatic heterocycles. The number of amides is 2. The molecule has 0 spiro atoms. The molecule has 1 aromatic heterocycles. The average molecular weight is 462 g/mol. The quantitative estimate of drug-likeness (QED) is 0.443. The second-order valence-corrected chi connectivity index (χ2v) is 8.38. The van der Waals surface area contributed by atoms with Gasteiger partial charge in [-0.3, -0.25) is 19.4 Å². The number of carbonyl (C=O) groups excluding carboxylic acids is 2. The van der Waals surface area contributed by atoms with Crippen molar-refractivity contribution < 1.29 is 24.2 Å². The lowest BCUT2D eigenvalue weighted by molar-refractivity contribution is -0.143. The third kappa shape index (κ3) is 5.89. The summed E-state index contributed by atoms with van der Waals surface area (Å²) in [6, 6.07) is 16.2. The number of rotatable bonds is 8. The van der Waals surface area contributed by atoms with Crippen LogP contribution in [-0.4, -0.2) is 47.1 Å². The number of aliphatic carboxylic acids is 1. The monoisotopic (exact) mass is 461 g/mol. The van der Waals surface area contributed by atoms with Gasteiger partial charge in [-0.15, -0.1) is 0 Å². The molecular weight excluding hydrogens is 434 g/mol. The van der Waals surface area contributed by atoms with Crippen LogP contribution in [0.5, 0.6) is 5.75 Å². The molecule has 3 N–H and O–H groups in total. The molecule has 0 saturated heterocycles. The molecule has 1 saturated carbocycles. The van der Waals surface area contributed by atoms with Crippen molar-refractivity contribution in [3.05, 3.63) is 71.9 Å². The highest BCUT2D eigenvalue weighted by Crippen LogP contribution is 2.28. The molecule has 176 valence electrons. The number of hydrogen-bond acceptors (Lipinski definition) is 5. The summed E-state index contributed by atoms with van der Waals surface area (Å²) in [7, 11) is 0. The van der Waals surface area contributed by atoms with Gasteiger partial charge in [-0.2, -0.15) is 0 Å². The van der Waals surface area contributed by atoms with Gasteiger partial charge in [0, 0.05) is 30.2 Å². The van der Waals surface area contributed by atoms with Crippen LogP contribution in [0.15, 0.2) is 60.8 Å². The van der Waals surface area contributed by atoms with Crippen molar-refractivity contribution in [2.45, 2.75) is 31.8 Å². The third-order valence-corrected chi connectivity index (χ3v) is 5.99. The lowest BCUT2D eigenvalue weighted by atomic mass is 9.87. The minimum Gasteiger partial charge on any atom is -0.490 e. The second kappa shape index (κ2) is 10.8. The van der Waals surface area contributed by atoms with Crippen LogP contribution < -0.4 is 15.4 Å². The standard InChI is InChI=1S/C26H27N3O5/c30-24(17-5-9-21(10-6-17)34-22-11-7-18(8-12-22)26(32)33)27-13-14-28-25(31)20-15-19-3-1-2-4-23(19)29-16-20/h1-6,9-10,15-16,18,22H,7-8,11-14H2,(H,27,30)(H,28,31)(H,32,33). The number of carboxylic acid groups (broad SMARTS) is 1. The SMILES string of the molecule is O=C(NCCNC(=O)c1cnc2ccccc2c1)c1ccc(OC2CCC(C(=O)O)CC2)cc1. The van der Waals surface area contributed by atoms with Gasteiger partial charge >= 0.3 is 5.97 Å². The summed E-state index contributed by atoms with van der Waals surface area (Å²) < 4.78 is 5.93. The average Bonchev–Trinajstić information content (AvgIpc) is 2.87. The highest BCUT2D eigenvalue weighted by atomic mass is 16.5. The van der Waals surface area contributed by atoms with Gasteiger partial charge in [0.05, 0.1) is 23.1 Å². The molecule has 0 unspecified atom stereocenters. The van der Waals surface area contributed by atoms with Gasteiger partial charge in [-0.1, -0.05) is 18.2 Å². The highest BCUT2D eigenvalue weighted by molar-refractivity contribution is 5.97. The summed E-state index contributed by atoms with van der Waals surface area (Å²) in [6.07, 6.45) is 4.19. The molecular formula is C26H27N3O5. The molecule has 8 heteroatoms. The van der Waals surface area contributed by atoms with E-state index in [4.69, 9.17) is 9.84 Å². The maximum absolute atomic E-state index is 12.4. The van der Waals surface area contributed by atoms with Crippen LogP contribution in [0.4, 0.5) is 0 Å². The summed E-state index contributed by atoms with van der Waals surface area (Å²) in [5.74, 6) is -0.841. The Kier molecular flexibility index (Phi) is 7.37. The molecule has 2 amide bonds. The normalized spacial score (nSPS) is 17.6. The van der Waals surface area contributed by atoms with Gasteiger partial charge in [-0.05, 0) is 62.1 Å². The Labute approximate surface area is 197 Å². The van der Waals surface area contributed by atoms with E-state index in [-0.39, 0.29) is 36.9 Å². The van der Waals surface area contributed by atoms with E-state index < -0.39 is 5.97 Å². The Morgan fingerprint density at radius 2 is 1.53 bits per heavy atom. The number of para-hydroxylation sites is 1. The van der Waals surface area contributed by atoms with Gasteiger partial charge < -0.3 is 20.5 Å². The zero-order chi connectivity index (χ0) is 23.9. The van der Waals surface area contributed by atoms with Gasteiger partial charge in [0.25, 0.3) is 11.8 Å². The largest absolute Gasteiger partial charge is 0.490 e. The summed E-state index contributed by atoms with van der Waals surface area (Å²) in [4.78, 5) is 40.1. The second-order valence-electron chi connectivity index (χ2n) is 8.38. The predicted octanol–water partition coefficient (Wildman–Crippen LogP) is 3.42. The summed E-state index contributed by atoms with van der Waals surface area (Å²) in [5, 5.41) is 15.5. The van der Waals surface area contributed by atoms with Crippen LogP contribution in [0.1, 0.15) is 46.4 Å². The Morgan fingerprint density at radius 1 is 0.882 bits per heavy atom. The summed E-state index contributed by atoms with van der Waals surface area (Å²) in [6.45, 7) is 0.578. The Hall–Kier alpha value is -3.94. The first-order valence-electron chi connectivity index (χ1n) is 11.4. The predicted molar refractivity (Wildman–Crippen MR) is 127 cm³/mol. The zero-order valence-electron chi connectivity index (χ0n) is 18.7. The molecule has 2 aromatic carbocycles. The molecule has 1 aliphatic rings. The molecule has 34 heavy (non-hydrogen) atoms. The fourth-order valence-corrected chi connectivity index (χ4v) is 4.06. The number of hydrogen-bond donors (Lipinski definition) is 3. The van der Waals surface area contributed by atoms with Gasteiger partial charge in [0.1, 0.15) is 5.75 Å². The topological polar surface area (TPSA) is 118 Å². The van der Waals surface area contributed by atoms with Gasteiger partial charge in [-0.25, -0.2) is 0 Å². The minimum absolute atomic E-state index is 0.00306. The Morgan fingerprint density at radius 3 is 2.21 bits per heavy atom. The van der Waals surface area contributed by atoms with Crippen molar-refractivity contribution in [2.75, 3.05) is 13.1 Å². The van der Waals surface area contributed by atoms with E-state index in [9.17, 15) is 14.4 Å². The van der Waals surface area contributed by atoms with Crippen LogP contribution in [0.25, 0.3) is 10.9 Å². The van der Waals surface area contributed by atoms with E-state index in [1.54, 1.807) is 30.3 Å². The summed E-state index contributed by atoms with van der Waals surface area (Å²) >= 11 is 0. The number of nitrogens with one attached hydrogen (secondary N) is 2. The van der Waals surface area contributed by atoms with Crippen LogP contribution in [-0.2, 0) is 4.79 Å². The van der Waals surface area contributed by atoms with Crippen molar-refractivity contribution in [3.63, 3.8) is 0 Å². The highest BCUT2D eigenvalue weighted by Gasteiger charge is 2.26. The van der Waals surface area contributed by atoms with E-state index in [0.717, 1.165) is 10.9 Å². The van der Waals surface area contributed by atoms with Gasteiger partial charge in [0.2, 0.25) is 0 Å². The summed E-state index contributed by atoms with van der Waals surface area (Å²) in [5.41, 5.74) is 1.79. The maximum Gasteiger partial charge on any atom is 0.306 e. The first kappa shape index (κ1) is 23.2. The fourth-order valence-electron chi connectivity index (χ4n) is 4.06. The van der Waals surface area contributed by atoms with Crippen LogP contribution >= 0.6 is 0 Å². The van der Waals surface area contributed by atoms with Crippen molar-refractivity contribution in [2.24, 2.45) is 5.92 Å². The smallest absolute Gasteiger partial charge is 0.306 e. The van der Waals surface area contributed by atoms with Crippen LogP contribution in [0.2, 0.25) is 0 Å². The Bertz CT molecular complexity index is 1170. The molecule has 1 aliphatic carbocycles. The number of ether oxygens (including phenoxy) is 1. The van der Waals surface area contributed by atoms with E-state index in [1.165, 1.54) is 6.20 Å². The number of fused-ring (bicyclic) bond motifs is 1. The van der Waals surface area contributed by atoms with Gasteiger partial charge in [0.15, 0.2) is 0 Å². The number of benzene rings is 2. The molecule has 0 radical (unpaired) electrons. The number of aromatic nitrogens is 1. The molecule has 3 aromatic rings. The zero-order valence-corrected chi connectivity index (χ0v) is 18.7. The maximum atomic E-state index is 12.4. The van der Waals surface area contributed by atoms with Crippen molar-refractivity contribution in [1.29, 1.82) is 0 Å². The molecule has 0 bridgehead atoms. The number of nitrogens with zero attached hydrogens (tertiary/aromatic N) is 1. The first-order chi connectivity index (χ1) is 16.5. The van der Waals surface area contributed by atoms with E-state index in [2.05, 4.69) is 15.6 Å². The Balaban J connectivity index is 1.19. The number of carboxylic acids is 1. The number of carbonyl (C=O) groups is 3. The molecule has 1 heterocycles. The minimum atomic E-state index is -0.737. The molecule has 8 nitrogen and oxygen atoms in total. The van der Waals surface area contributed by atoms with Crippen molar-refractivity contribution in [1.82, 2.24) is 15.6 Å². The van der Waals surface area contributed by atoms with Crippen molar-refractivity contribution >= 4 is 28.7 Å². The molecule has 4 rings (SSSR count). The lowest BCUT2D eigenvalue weighted by Crippen LogP contribution is -2.34. The lowest BCUT2D eigenvalue weighted by Gasteiger charge is -2.26. The van der Waals surface area contributed by atoms with E-state index >= 15 is 0 Å². The van der Waals surface area contributed by atoms with E-state index in [1.807, 2.05) is 24.3 Å². The van der Waals surface area contributed by atoms with Crippen molar-refractivity contribution in [3.8, 4) is 5.75 Å². The van der Waals surface area contributed by atoms with Crippen LogP contribution in [0.3, 0.4) is 0 Å². The first-order valence-corrected chi connectivity index (χ1v) is 11.4. The van der Waals surface area contributed by atoms with Crippen LogP contribution in [0, 0.1) is 5.92 Å². The van der Waals surface area contributed by atoms with E-state index in [0.29, 0.717) is 42.6 Å². The number of pyridine rings is 1. The fraction of sp³-hybridized carbons (Fsp3) is 0.308. The third-order valence-electron chi connectivity index (χ3n) is 5.99.